The van der Waals surface area contributed by atoms with Gasteiger partial charge in [0, 0.05) is 35.0 Å². The number of hydrogen-bond donors (Lipinski definition) is 0. The van der Waals surface area contributed by atoms with E-state index in [-0.39, 0.29) is 6.10 Å². The number of ether oxygens (including phenoxy) is 1. The van der Waals surface area contributed by atoms with E-state index in [4.69, 9.17) is 19.2 Å². The summed E-state index contributed by atoms with van der Waals surface area (Å²) in [6.07, 6.45) is 10.2. The van der Waals surface area contributed by atoms with Gasteiger partial charge in [-0.3, -0.25) is 9.69 Å². The maximum atomic E-state index is 13.1. The number of carbonyl (C=O) groups excluding carboxylic acids is 1. The molecule has 3 aromatic rings. The Kier molecular flexibility index (Phi) is 5.92. The number of nitrogens with zero attached hydrogens (tertiary/aromatic N) is 5. The maximum absolute atomic E-state index is 13.1. The molecule has 9 heteroatoms. The standard InChI is InChI=1S/C26H31N5O3S/c1-16(20-8-6-12-31(20)2)33-22-13-19(17-14-27-35-15-17)28-25(29-22)23-18-7-5-11-26(24(18)30-34-23)10-4-3-9-21(26)32/h13-16,20H,3-12H2,1-2H3/t16-,20-,26+/m0/s1. The normalized spacial score (nSPS) is 25.7. The smallest absolute Gasteiger partial charge is 0.217 e. The first-order valence-electron chi connectivity index (χ1n) is 12.7. The van der Waals surface area contributed by atoms with Gasteiger partial charge in [-0.2, -0.15) is 4.98 Å². The van der Waals surface area contributed by atoms with Gasteiger partial charge in [0.25, 0.3) is 0 Å². The fourth-order valence-electron chi connectivity index (χ4n) is 6.25. The van der Waals surface area contributed by atoms with Gasteiger partial charge in [-0.25, -0.2) is 9.36 Å². The van der Waals surface area contributed by atoms with Gasteiger partial charge in [-0.15, -0.1) is 0 Å². The first kappa shape index (κ1) is 22.8. The number of hydrogen-bond acceptors (Lipinski definition) is 9. The molecule has 0 radical (unpaired) electrons. The molecule has 3 atom stereocenters. The molecule has 1 saturated heterocycles. The zero-order valence-corrected chi connectivity index (χ0v) is 21.1. The van der Waals surface area contributed by atoms with Gasteiger partial charge >= 0.3 is 0 Å². The van der Waals surface area contributed by atoms with Crippen LogP contribution in [0.15, 0.2) is 22.2 Å². The Morgan fingerprint density at radius 3 is 2.86 bits per heavy atom. The number of likely N-dealkylation sites (N-methyl/N-ethyl adjacent to an activating group) is 1. The number of rotatable bonds is 5. The second kappa shape index (κ2) is 9.09. The van der Waals surface area contributed by atoms with E-state index in [9.17, 15) is 4.79 Å². The molecular weight excluding hydrogens is 462 g/mol. The summed E-state index contributed by atoms with van der Waals surface area (Å²) in [4.78, 5) is 25.1. The van der Waals surface area contributed by atoms with Crippen molar-refractivity contribution in [2.75, 3.05) is 13.6 Å². The summed E-state index contributed by atoms with van der Waals surface area (Å²) >= 11 is 1.38. The van der Waals surface area contributed by atoms with Gasteiger partial charge < -0.3 is 9.26 Å². The van der Waals surface area contributed by atoms with E-state index in [1.165, 1.54) is 18.0 Å². The monoisotopic (exact) mass is 493 g/mol. The largest absolute Gasteiger partial charge is 0.473 e. The highest BCUT2D eigenvalue weighted by Gasteiger charge is 2.48. The summed E-state index contributed by atoms with van der Waals surface area (Å²) in [5.41, 5.74) is 2.97. The molecule has 0 bridgehead atoms. The van der Waals surface area contributed by atoms with Crippen LogP contribution in [0.2, 0.25) is 0 Å². The van der Waals surface area contributed by atoms with E-state index >= 15 is 0 Å². The van der Waals surface area contributed by atoms with Crippen molar-refractivity contribution in [2.24, 2.45) is 0 Å². The number of likely N-dealkylation sites (tertiary alicyclic amines) is 1. The lowest BCUT2D eigenvalue weighted by Gasteiger charge is -2.37. The Labute approximate surface area is 209 Å². The molecule has 1 spiro atoms. The third-order valence-corrected chi connectivity index (χ3v) is 8.71. The van der Waals surface area contributed by atoms with Crippen molar-refractivity contribution >= 4 is 17.3 Å². The lowest BCUT2D eigenvalue weighted by Crippen LogP contribution is -2.41. The summed E-state index contributed by atoms with van der Waals surface area (Å²) < 4.78 is 16.6. The number of fused-ring (bicyclic) bond motifs is 2. The zero-order chi connectivity index (χ0) is 24.0. The van der Waals surface area contributed by atoms with Crippen LogP contribution < -0.4 is 4.74 Å². The molecule has 35 heavy (non-hydrogen) atoms. The third-order valence-electron chi connectivity index (χ3n) is 8.12. The van der Waals surface area contributed by atoms with Crippen molar-refractivity contribution in [3.63, 3.8) is 0 Å². The maximum Gasteiger partial charge on any atom is 0.217 e. The Bertz CT molecular complexity index is 1230. The first-order valence-corrected chi connectivity index (χ1v) is 13.6. The van der Waals surface area contributed by atoms with Crippen LogP contribution in [0.25, 0.3) is 22.8 Å². The van der Waals surface area contributed by atoms with E-state index in [1.54, 1.807) is 6.20 Å². The molecule has 6 rings (SSSR count). The van der Waals surface area contributed by atoms with E-state index in [0.717, 1.165) is 74.0 Å². The van der Waals surface area contributed by atoms with Gasteiger partial charge in [-0.05, 0) is 77.0 Å². The van der Waals surface area contributed by atoms with E-state index in [1.807, 2.05) is 11.4 Å². The third kappa shape index (κ3) is 3.98. The van der Waals surface area contributed by atoms with Crippen LogP contribution in [0.1, 0.15) is 69.5 Å². The van der Waals surface area contributed by atoms with Crippen molar-refractivity contribution in [2.45, 2.75) is 82.3 Å². The van der Waals surface area contributed by atoms with E-state index in [0.29, 0.717) is 35.7 Å². The van der Waals surface area contributed by atoms with Crippen LogP contribution in [0.5, 0.6) is 5.88 Å². The predicted octanol–water partition coefficient (Wildman–Crippen LogP) is 4.83. The van der Waals surface area contributed by atoms with Gasteiger partial charge in [-0.1, -0.05) is 11.6 Å². The predicted molar refractivity (Wildman–Crippen MR) is 132 cm³/mol. The molecule has 8 nitrogen and oxygen atoms in total. The van der Waals surface area contributed by atoms with Crippen LogP contribution in [0, 0.1) is 0 Å². The second-order valence-electron chi connectivity index (χ2n) is 10.2. The Balaban J connectivity index is 1.40. The Hall–Kier alpha value is -2.65. The van der Waals surface area contributed by atoms with Gasteiger partial charge in [0.05, 0.1) is 17.3 Å². The fraction of sp³-hybridized carbons (Fsp3) is 0.577. The lowest BCUT2D eigenvalue weighted by atomic mass is 9.64. The summed E-state index contributed by atoms with van der Waals surface area (Å²) in [7, 11) is 2.15. The lowest BCUT2D eigenvalue weighted by molar-refractivity contribution is -0.127. The topological polar surface area (TPSA) is 94.2 Å². The molecule has 0 aromatic carbocycles. The minimum absolute atomic E-state index is 0.00882. The first-order chi connectivity index (χ1) is 17.0. The minimum atomic E-state index is -0.497. The summed E-state index contributed by atoms with van der Waals surface area (Å²) in [5, 5.41) is 6.45. The fourth-order valence-corrected chi connectivity index (χ4v) is 6.78. The molecule has 2 aliphatic carbocycles. The Morgan fingerprint density at radius 1 is 1.20 bits per heavy atom. The van der Waals surface area contributed by atoms with Crippen LogP contribution in [-0.2, 0) is 16.6 Å². The zero-order valence-electron chi connectivity index (χ0n) is 20.3. The van der Waals surface area contributed by atoms with Crippen molar-refractivity contribution in [1.82, 2.24) is 24.4 Å². The highest BCUT2D eigenvalue weighted by molar-refractivity contribution is 7.03. The van der Waals surface area contributed by atoms with Gasteiger partial charge in [0.2, 0.25) is 17.5 Å². The molecule has 0 N–H and O–H groups in total. The highest BCUT2D eigenvalue weighted by atomic mass is 32.1. The summed E-state index contributed by atoms with van der Waals surface area (Å²) in [6.45, 7) is 3.19. The number of Topliss-reactive ketones (excluding diaryl/α,β-unsaturated/α-hetero) is 1. The van der Waals surface area contributed by atoms with Crippen molar-refractivity contribution in [1.29, 1.82) is 0 Å². The molecule has 0 unspecified atom stereocenters. The molecule has 0 amide bonds. The molecule has 2 fully saturated rings. The number of carbonyl (C=O) groups is 1. The van der Waals surface area contributed by atoms with Crippen molar-refractivity contribution in [3.8, 4) is 28.7 Å². The van der Waals surface area contributed by atoms with Gasteiger partial charge in [0.1, 0.15) is 17.6 Å². The quantitative estimate of drug-likeness (QED) is 0.499. The van der Waals surface area contributed by atoms with Crippen LogP contribution in [-0.4, -0.2) is 55.9 Å². The van der Waals surface area contributed by atoms with Crippen LogP contribution in [0.4, 0.5) is 0 Å². The molecule has 4 heterocycles. The molecule has 1 aliphatic heterocycles. The number of aromatic nitrogens is 4. The SMILES string of the molecule is C[C@H](Oc1cc(-c2cnsc2)nc(-c2onc3c2CCC[C@@]32CCCCC2=O)n1)[C@@H]1CCCN1C. The summed E-state index contributed by atoms with van der Waals surface area (Å²) in [6, 6.07) is 2.24. The molecule has 3 aliphatic rings. The molecular formula is C26H31N5O3S. The van der Waals surface area contributed by atoms with E-state index in [2.05, 4.69) is 28.4 Å². The average Bonchev–Trinajstić information content (AvgIpc) is 3.62. The van der Waals surface area contributed by atoms with Gasteiger partial charge in [0.15, 0.2) is 0 Å². The van der Waals surface area contributed by atoms with Crippen molar-refractivity contribution < 1.29 is 14.1 Å². The Morgan fingerprint density at radius 2 is 2.09 bits per heavy atom. The molecule has 1 saturated carbocycles. The van der Waals surface area contributed by atoms with Crippen molar-refractivity contribution in [3.05, 3.63) is 28.9 Å². The second-order valence-corrected chi connectivity index (χ2v) is 10.9. The highest BCUT2D eigenvalue weighted by Crippen LogP contribution is 2.47. The number of ketones is 1. The van der Waals surface area contributed by atoms with Crippen LogP contribution >= 0.6 is 11.5 Å². The summed E-state index contributed by atoms with van der Waals surface area (Å²) in [5.74, 6) is 1.86. The average molecular weight is 494 g/mol. The van der Waals surface area contributed by atoms with E-state index < -0.39 is 5.41 Å². The minimum Gasteiger partial charge on any atom is -0.473 e. The molecule has 184 valence electrons. The molecule has 3 aromatic heterocycles. The van der Waals surface area contributed by atoms with Crippen LogP contribution in [0.3, 0.4) is 0 Å².